The molecule has 1 saturated heterocycles. The van der Waals surface area contributed by atoms with E-state index in [0.717, 1.165) is 37.2 Å². The lowest BCUT2D eigenvalue weighted by molar-refractivity contribution is -0.121. The van der Waals surface area contributed by atoms with E-state index < -0.39 is 0 Å². The van der Waals surface area contributed by atoms with Gasteiger partial charge in [0.15, 0.2) is 5.82 Å². The van der Waals surface area contributed by atoms with Gasteiger partial charge in [-0.2, -0.15) is 4.98 Å². The Kier molecular flexibility index (Phi) is 5.20. The van der Waals surface area contributed by atoms with Crippen molar-refractivity contribution in [1.29, 1.82) is 0 Å². The number of carbonyl (C=O) groups excluding carboxylic acids is 1. The first-order chi connectivity index (χ1) is 11.6. The van der Waals surface area contributed by atoms with Crippen LogP contribution in [0.25, 0.3) is 0 Å². The summed E-state index contributed by atoms with van der Waals surface area (Å²) in [6.07, 6.45) is 4.38. The van der Waals surface area contributed by atoms with Crippen molar-refractivity contribution in [3.63, 3.8) is 0 Å². The predicted octanol–water partition coefficient (Wildman–Crippen LogP) is 2.19. The molecule has 0 aromatic carbocycles. The Morgan fingerprint density at radius 3 is 3.04 bits per heavy atom. The summed E-state index contributed by atoms with van der Waals surface area (Å²) in [6.45, 7) is 6.20. The molecule has 0 bridgehead atoms. The zero-order chi connectivity index (χ0) is 16.9. The quantitative estimate of drug-likeness (QED) is 0.905. The van der Waals surface area contributed by atoms with Crippen LogP contribution in [0.4, 0.5) is 5.82 Å². The van der Waals surface area contributed by atoms with Gasteiger partial charge in [0.25, 0.3) is 0 Å². The van der Waals surface area contributed by atoms with Gasteiger partial charge in [-0.3, -0.25) is 9.69 Å². The normalized spacial score (nSPS) is 18.5. The van der Waals surface area contributed by atoms with Crippen LogP contribution in [-0.4, -0.2) is 39.0 Å². The summed E-state index contributed by atoms with van der Waals surface area (Å²) in [6, 6.07) is 3.77. The maximum absolute atomic E-state index is 12.5. The molecule has 1 atom stereocenters. The van der Waals surface area contributed by atoms with Crippen LogP contribution in [-0.2, 0) is 17.8 Å². The first-order valence-corrected chi connectivity index (χ1v) is 8.41. The fourth-order valence-corrected chi connectivity index (χ4v) is 2.87. The highest BCUT2D eigenvalue weighted by atomic mass is 16.5. The SMILES string of the molecule is CCc1noc(CN2CCCC(C(=O)Nc3ccc(C)cn3)C2)n1. The lowest BCUT2D eigenvalue weighted by atomic mass is 9.97. The van der Waals surface area contributed by atoms with E-state index in [0.29, 0.717) is 24.8 Å². The van der Waals surface area contributed by atoms with Gasteiger partial charge in [-0.1, -0.05) is 18.1 Å². The highest BCUT2D eigenvalue weighted by Crippen LogP contribution is 2.20. The minimum atomic E-state index is -0.0459. The predicted molar refractivity (Wildman–Crippen MR) is 89.3 cm³/mol. The Morgan fingerprint density at radius 2 is 2.33 bits per heavy atom. The van der Waals surface area contributed by atoms with Gasteiger partial charge >= 0.3 is 0 Å². The lowest BCUT2D eigenvalue weighted by Gasteiger charge is -2.30. The van der Waals surface area contributed by atoms with Crippen molar-refractivity contribution in [3.8, 4) is 0 Å². The minimum Gasteiger partial charge on any atom is -0.338 e. The monoisotopic (exact) mass is 329 g/mol. The molecule has 0 saturated carbocycles. The number of amides is 1. The molecule has 1 aliphatic rings. The maximum Gasteiger partial charge on any atom is 0.240 e. The summed E-state index contributed by atoms with van der Waals surface area (Å²) in [5, 5.41) is 6.83. The molecule has 3 rings (SSSR count). The Hall–Kier alpha value is -2.28. The number of carbonyl (C=O) groups is 1. The second-order valence-electron chi connectivity index (χ2n) is 6.24. The molecule has 1 amide bonds. The molecule has 1 N–H and O–H groups in total. The van der Waals surface area contributed by atoms with Crippen molar-refractivity contribution in [2.75, 3.05) is 18.4 Å². The van der Waals surface area contributed by atoms with Crippen LogP contribution in [0, 0.1) is 12.8 Å². The molecule has 7 heteroatoms. The third-order valence-corrected chi connectivity index (χ3v) is 4.22. The molecule has 1 aliphatic heterocycles. The molecule has 1 fully saturated rings. The average molecular weight is 329 g/mol. The van der Waals surface area contributed by atoms with E-state index in [-0.39, 0.29) is 11.8 Å². The molecular formula is C17H23N5O2. The number of hydrogen-bond acceptors (Lipinski definition) is 6. The van der Waals surface area contributed by atoms with Crippen molar-refractivity contribution < 1.29 is 9.32 Å². The average Bonchev–Trinajstić information content (AvgIpc) is 3.05. The minimum absolute atomic E-state index is 0.0239. The van der Waals surface area contributed by atoms with Crippen LogP contribution < -0.4 is 5.32 Å². The Bertz CT molecular complexity index is 683. The summed E-state index contributed by atoms with van der Waals surface area (Å²) in [7, 11) is 0. The van der Waals surface area contributed by atoms with Crippen LogP contribution in [0.15, 0.2) is 22.9 Å². The van der Waals surface area contributed by atoms with Gasteiger partial charge in [0.05, 0.1) is 12.5 Å². The second kappa shape index (κ2) is 7.53. The van der Waals surface area contributed by atoms with Gasteiger partial charge in [0, 0.05) is 19.2 Å². The number of pyridine rings is 1. The molecular weight excluding hydrogens is 306 g/mol. The van der Waals surface area contributed by atoms with E-state index in [1.54, 1.807) is 6.20 Å². The molecule has 1 unspecified atom stereocenters. The van der Waals surface area contributed by atoms with Crippen LogP contribution >= 0.6 is 0 Å². The molecule has 128 valence electrons. The summed E-state index contributed by atoms with van der Waals surface area (Å²) in [5.74, 6) is 1.92. The van der Waals surface area contributed by atoms with Crippen LogP contribution in [0.2, 0.25) is 0 Å². The highest BCUT2D eigenvalue weighted by Gasteiger charge is 2.27. The van der Waals surface area contributed by atoms with Gasteiger partial charge in [-0.15, -0.1) is 0 Å². The van der Waals surface area contributed by atoms with Crippen molar-refractivity contribution >= 4 is 11.7 Å². The smallest absolute Gasteiger partial charge is 0.240 e. The molecule has 0 radical (unpaired) electrons. The third-order valence-electron chi connectivity index (χ3n) is 4.22. The standard InChI is InChI=1S/C17H23N5O2/c1-3-14-19-16(24-21-14)11-22-8-4-5-13(10-22)17(23)20-15-7-6-12(2)9-18-15/h6-7,9,13H,3-5,8,10-11H2,1-2H3,(H,18,20,23). The number of anilines is 1. The number of nitrogens with zero attached hydrogens (tertiary/aromatic N) is 4. The van der Waals surface area contributed by atoms with Crippen LogP contribution in [0.5, 0.6) is 0 Å². The molecule has 3 heterocycles. The van der Waals surface area contributed by atoms with Gasteiger partial charge in [0.1, 0.15) is 5.82 Å². The number of aryl methyl sites for hydroxylation is 2. The second-order valence-corrected chi connectivity index (χ2v) is 6.24. The van der Waals surface area contributed by atoms with Crippen LogP contribution in [0.3, 0.4) is 0 Å². The van der Waals surface area contributed by atoms with Gasteiger partial charge in [-0.25, -0.2) is 4.98 Å². The van der Waals surface area contributed by atoms with Gasteiger partial charge in [-0.05, 0) is 37.9 Å². The molecule has 7 nitrogen and oxygen atoms in total. The Labute approximate surface area is 141 Å². The summed E-state index contributed by atoms with van der Waals surface area (Å²) in [4.78, 5) is 23.2. The van der Waals surface area contributed by atoms with E-state index in [4.69, 9.17) is 4.52 Å². The van der Waals surface area contributed by atoms with E-state index in [1.165, 1.54) is 0 Å². The zero-order valence-corrected chi connectivity index (χ0v) is 14.2. The summed E-state index contributed by atoms with van der Waals surface area (Å²) in [5.41, 5.74) is 1.07. The summed E-state index contributed by atoms with van der Waals surface area (Å²) >= 11 is 0. The number of piperidine rings is 1. The van der Waals surface area contributed by atoms with Crippen molar-refractivity contribution in [2.24, 2.45) is 5.92 Å². The van der Waals surface area contributed by atoms with Crippen molar-refractivity contribution in [2.45, 2.75) is 39.7 Å². The number of likely N-dealkylation sites (tertiary alicyclic amines) is 1. The maximum atomic E-state index is 12.5. The largest absolute Gasteiger partial charge is 0.338 e. The fourth-order valence-electron chi connectivity index (χ4n) is 2.87. The number of rotatable bonds is 5. The number of nitrogens with one attached hydrogen (secondary N) is 1. The number of hydrogen-bond donors (Lipinski definition) is 1. The lowest BCUT2D eigenvalue weighted by Crippen LogP contribution is -2.40. The van der Waals surface area contributed by atoms with E-state index in [1.807, 2.05) is 26.0 Å². The van der Waals surface area contributed by atoms with Crippen molar-refractivity contribution in [3.05, 3.63) is 35.6 Å². The molecule has 0 spiro atoms. The van der Waals surface area contributed by atoms with Gasteiger partial charge in [0.2, 0.25) is 11.8 Å². The Balaban J connectivity index is 1.56. The Morgan fingerprint density at radius 1 is 1.46 bits per heavy atom. The first kappa shape index (κ1) is 16.6. The molecule has 0 aliphatic carbocycles. The van der Waals surface area contributed by atoms with Crippen molar-refractivity contribution in [1.82, 2.24) is 20.0 Å². The molecule has 2 aromatic rings. The van der Waals surface area contributed by atoms with Gasteiger partial charge < -0.3 is 9.84 Å². The number of aromatic nitrogens is 3. The molecule has 2 aromatic heterocycles. The first-order valence-electron chi connectivity index (χ1n) is 8.41. The summed E-state index contributed by atoms with van der Waals surface area (Å²) < 4.78 is 5.25. The van der Waals surface area contributed by atoms with E-state index >= 15 is 0 Å². The van der Waals surface area contributed by atoms with E-state index in [2.05, 4.69) is 25.3 Å². The topological polar surface area (TPSA) is 84.2 Å². The zero-order valence-electron chi connectivity index (χ0n) is 14.2. The van der Waals surface area contributed by atoms with Crippen LogP contribution in [0.1, 0.15) is 37.0 Å². The van der Waals surface area contributed by atoms with E-state index in [9.17, 15) is 4.79 Å². The highest BCUT2D eigenvalue weighted by molar-refractivity contribution is 5.91. The molecule has 24 heavy (non-hydrogen) atoms. The third kappa shape index (κ3) is 4.17. The fraction of sp³-hybridized carbons (Fsp3) is 0.529.